The average molecular weight is 226 g/mol. The van der Waals surface area contributed by atoms with Crippen molar-refractivity contribution in [3.8, 4) is 10.6 Å². The summed E-state index contributed by atoms with van der Waals surface area (Å²) in [6.07, 6.45) is 1.60. The summed E-state index contributed by atoms with van der Waals surface area (Å²) in [5, 5.41) is 0.791. The predicted octanol–water partition coefficient (Wildman–Crippen LogP) is 2.63. The van der Waals surface area contributed by atoms with Gasteiger partial charge in [0.1, 0.15) is 9.34 Å². The second kappa shape index (κ2) is 3.48. The molecule has 0 bridgehead atoms. The van der Waals surface area contributed by atoms with E-state index in [9.17, 15) is 0 Å². The van der Waals surface area contributed by atoms with Crippen molar-refractivity contribution < 1.29 is 0 Å². The SMILES string of the molecule is Nc1ccc(N)c(-c2ncc(Cl)s2)c1. The van der Waals surface area contributed by atoms with E-state index >= 15 is 0 Å². The molecule has 0 fully saturated rings. The zero-order valence-electron chi connectivity index (χ0n) is 7.20. The topological polar surface area (TPSA) is 64.9 Å². The highest BCUT2D eigenvalue weighted by Gasteiger charge is 2.07. The van der Waals surface area contributed by atoms with Crippen LogP contribution < -0.4 is 11.5 Å². The van der Waals surface area contributed by atoms with Crippen LogP contribution in [0.5, 0.6) is 0 Å². The van der Waals surface area contributed by atoms with Gasteiger partial charge in [-0.25, -0.2) is 4.98 Å². The van der Waals surface area contributed by atoms with E-state index in [4.69, 9.17) is 23.1 Å². The van der Waals surface area contributed by atoms with Gasteiger partial charge in [-0.2, -0.15) is 0 Å². The molecule has 72 valence electrons. The number of halogens is 1. The Morgan fingerprint density at radius 3 is 2.71 bits per heavy atom. The number of hydrogen-bond acceptors (Lipinski definition) is 4. The van der Waals surface area contributed by atoms with Crippen molar-refractivity contribution >= 4 is 34.3 Å². The summed E-state index contributed by atoms with van der Waals surface area (Å²) in [5.41, 5.74) is 13.6. The first-order valence-corrected chi connectivity index (χ1v) is 5.13. The van der Waals surface area contributed by atoms with Crippen molar-refractivity contribution in [3.05, 3.63) is 28.7 Å². The van der Waals surface area contributed by atoms with Gasteiger partial charge in [0.25, 0.3) is 0 Å². The summed E-state index contributed by atoms with van der Waals surface area (Å²) in [7, 11) is 0. The number of hydrogen-bond donors (Lipinski definition) is 2. The summed E-state index contributed by atoms with van der Waals surface area (Å²) in [5.74, 6) is 0. The van der Waals surface area contributed by atoms with E-state index in [1.54, 1.807) is 24.4 Å². The largest absolute Gasteiger partial charge is 0.399 e. The summed E-state index contributed by atoms with van der Waals surface area (Å²) >= 11 is 7.17. The van der Waals surface area contributed by atoms with Crippen molar-refractivity contribution in [1.82, 2.24) is 4.98 Å². The number of aromatic nitrogens is 1. The Labute approximate surface area is 90.3 Å². The fraction of sp³-hybridized carbons (Fsp3) is 0. The minimum Gasteiger partial charge on any atom is -0.399 e. The standard InChI is InChI=1S/C9H8ClN3S/c10-8-4-13-9(14-8)6-3-5(11)1-2-7(6)12/h1-4H,11-12H2. The second-order valence-corrected chi connectivity index (χ2v) is 4.48. The maximum Gasteiger partial charge on any atom is 0.126 e. The third-order valence-corrected chi connectivity index (χ3v) is 2.93. The first-order chi connectivity index (χ1) is 6.66. The maximum absolute atomic E-state index is 5.80. The quantitative estimate of drug-likeness (QED) is 0.734. The third-order valence-electron chi connectivity index (χ3n) is 1.79. The molecule has 1 aromatic heterocycles. The van der Waals surface area contributed by atoms with Gasteiger partial charge >= 0.3 is 0 Å². The third kappa shape index (κ3) is 1.66. The zero-order valence-corrected chi connectivity index (χ0v) is 8.77. The number of nitrogens with zero attached hydrogens (tertiary/aromatic N) is 1. The molecule has 3 nitrogen and oxygen atoms in total. The number of nitrogens with two attached hydrogens (primary N) is 2. The molecule has 2 rings (SSSR count). The lowest BCUT2D eigenvalue weighted by Gasteiger charge is -2.02. The van der Waals surface area contributed by atoms with E-state index in [1.165, 1.54) is 11.3 Å². The molecule has 0 amide bonds. The molecule has 5 heteroatoms. The molecule has 0 aliphatic heterocycles. The Kier molecular flexibility index (Phi) is 2.31. The van der Waals surface area contributed by atoms with Crippen LogP contribution in [0.15, 0.2) is 24.4 Å². The van der Waals surface area contributed by atoms with E-state index in [1.807, 2.05) is 0 Å². The molecule has 0 aliphatic carbocycles. The molecule has 0 radical (unpaired) electrons. The van der Waals surface area contributed by atoms with Gasteiger partial charge in [0.15, 0.2) is 0 Å². The van der Waals surface area contributed by atoms with Crippen LogP contribution in [-0.4, -0.2) is 4.98 Å². The molecule has 0 unspecified atom stereocenters. The first-order valence-electron chi connectivity index (χ1n) is 3.93. The minimum atomic E-state index is 0.641. The lowest BCUT2D eigenvalue weighted by atomic mass is 10.2. The van der Waals surface area contributed by atoms with Gasteiger partial charge in [0, 0.05) is 16.9 Å². The molecular formula is C9H8ClN3S. The number of nitrogen functional groups attached to an aromatic ring is 2. The van der Waals surface area contributed by atoms with Gasteiger partial charge in [-0.3, -0.25) is 0 Å². The van der Waals surface area contributed by atoms with Crippen LogP contribution in [0.4, 0.5) is 11.4 Å². The van der Waals surface area contributed by atoms with Gasteiger partial charge < -0.3 is 11.5 Å². The van der Waals surface area contributed by atoms with E-state index < -0.39 is 0 Å². The van der Waals surface area contributed by atoms with E-state index in [0.29, 0.717) is 15.7 Å². The fourth-order valence-corrected chi connectivity index (χ4v) is 2.09. The van der Waals surface area contributed by atoms with Crippen molar-refractivity contribution in [2.24, 2.45) is 0 Å². The van der Waals surface area contributed by atoms with Crippen molar-refractivity contribution in [1.29, 1.82) is 0 Å². The van der Waals surface area contributed by atoms with Crippen LogP contribution in [0.1, 0.15) is 0 Å². The van der Waals surface area contributed by atoms with Crippen LogP contribution in [0.2, 0.25) is 4.34 Å². The Morgan fingerprint density at radius 1 is 1.29 bits per heavy atom. The molecule has 14 heavy (non-hydrogen) atoms. The molecule has 0 atom stereocenters. The van der Waals surface area contributed by atoms with E-state index in [2.05, 4.69) is 4.98 Å². The van der Waals surface area contributed by atoms with Crippen LogP contribution in [0, 0.1) is 0 Å². The lowest BCUT2D eigenvalue weighted by molar-refractivity contribution is 1.41. The summed E-state index contributed by atoms with van der Waals surface area (Å²) in [6.45, 7) is 0. The Hall–Kier alpha value is -1.26. The van der Waals surface area contributed by atoms with Crippen LogP contribution >= 0.6 is 22.9 Å². The van der Waals surface area contributed by atoms with Crippen molar-refractivity contribution in [2.75, 3.05) is 11.5 Å². The minimum absolute atomic E-state index is 0.641. The number of benzene rings is 1. The summed E-state index contributed by atoms with van der Waals surface area (Å²) in [4.78, 5) is 4.14. The molecule has 1 aromatic carbocycles. The Bertz CT molecular complexity index is 467. The molecule has 0 spiro atoms. The number of rotatable bonds is 1. The monoisotopic (exact) mass is 225 g/mol. The Morgan fingerprint density at radius 2 is 2.07 bits per heavy atom. The van der Waals surface area contributed by atoms with E-state index in [-0.39, 0.29) is 0 Å². The normalized spacial score (nSPS) is 10.4. The van der Waals surface area contributed by atoms with Crippen LogP contribution in [0.25, 0.3) is 10.6 Å². The molecule has 2 aromatic rings. The van der Waals surface area contributed by atoms with Gasteiger partial charge in [0.2, 0.25) is 0 Å². The Balaban J connectivity index is 2.55. The second-order valence-electron chi connectivity index (χ2n) is 2.82. The molecular weight excluding hydrogens is 218 g/mol. The van der Waals surface area contributed by atoms with Gasteiger partial charge in [0.05, 0.1) is 6.20 Å². The van der Waals surface area contributed by atoms with Gasteiger partial charge in [-0.05, 0) is 18.2 Å². The molecule has 4 N–H and O–H groups in total. The lowest BCUT2D eigenvalue weighted by Crippen LogP contribution is -1.92. The molecule has 0 saturated carbocycles. The van der Waals surface area contributed by atoms with Gasteiger partial charge in [-0.1, -0.05) is 11.6 Å². The van der Waals surface area contributed by atoms with Gasteiger partial charge in [-0.15, -0.1) is 11.3 Å². The average Bonchev–Trinajstić information content (AvgIpc) is 2.56. The van der Waals surface area contributed by atoms with Crippen LogP contribution in [0.3, 0.4) is 0 Å². The maximum atomic E-state index is 5.80. The summed E-state index contributed by atoms with van der Waals surface area (Å²) in [6, 6.07) is 5.32. The highest BCUT2D eigenvalue weighted by atomic mass is 35.5. The van der Waals surface area contributed by atoms with Crippen molar-refractivity contribution in [2.45, 2.75) is 0 Å². The van der Waals surface area contributed by atoms with E-state index in [0.717, 1.165) is 10.6 Å². The van der Waals surface area contributed by atoms with Crippen molar-refractivity contribution in [3.63, 3.8) is 0 Å². The summed E-state index contributed by atoms with van der Waals surface area (Å²) < 4.78 is 0.641. The molecule has 0 saturated heterocycles. The zero-order chi connectivity index (χ0) is 10.1. The van der Waals surface area contributed by atoms with Crippen LogP contribution in [-0.2, 0) is 0 Å². The predicted molar refractivity (Wildman–Crippen MR) is 61.4 cm³/mol. The highest BCUT2D eigenvalue weighted by Crippen LogP contribution is 2.32. The first kappa shape index (κ1) is 9.30. The number of anilines is 2. The fourth-order valence-electron chi connectivity index (χ4n) is 1.14. The molecule has 1 heterocycles. The molecule has 0 aliphatic rings. The number of thiazole rings is 1. The smallest absolute Gasteiger partial charge is 0.126 e. The highest BCUT2D eigenvalue weighted by molar-refractivity contribution is 7.18.